The number of anilines is 1. The van der Waals surface area contributed by atoms with Crippen LogP contribution < -0.4 is 26.3 Å². The second kappa shape index (κ2) is 16.5. The van der Waals surface area contributed by atoms with Crippen molar-refractivity contribution in [2.45, 2.75) is 25.5 Å². The number of rotatable bonds is 14. The third-order valence-electron chi connectivity index (χ3n) is 5.76. The predicted molar refractivity (Wildman–Crippen MR) is 164 cm³/mol. The number of ether oxygens (including phenoxy) is 5. The molecule has 15 nitrogen and oxygen atoms in total. The van der Waals surface area contributed by atoms with E-state index in [1.807, 2.05) is 0 Å². The number of benzene rings is 2. The molecule has 0 spiro atoms. The van der Waals surface area contributed by atoms with Crippen molar-refractivity contribution in [1.29, 1.82) is 5.41 Å². The van der Waals surface area contributed by atoms with Crippen molar-refractivity contribution < 1.29 is 42.4 Å². The first-order chi connectivity index (χ1) is 22.0. The second-order valence-corrected chi connectivity index (χ2v) is 9.80. The highest BCUT2D eigenvalue weighted by atomic mass is 19.1. The van der Waals surface area contributed by atoms with Crippen LogP contribution in [0.2, 0.25) is 0 Å². The number of aromatic nitrogens is 2. The van der Waals surface area contributed by atoms with E-state index in [-0.39, 0.29) is 47.9 Å². The van der Waals surface area contributed by atoms with Crippen LogP contribution in [0.25, 0.3) is 0 Å². The van der Waals surface area contributed by atoms with Crippen LogP contribution in [0.5, 0.6) is 11.5 Å². The van der Waals surface area contributed by atoms with Gasteiger partial charge in [-0.3, -0.25) is 5.41 Å². The van der Waals surface area contributed by atoms with Crippen LogP contribution in [-0.4, -0.2) is 78.3 Å². The maximum Gasteiger partial charge on any atom is 0.511 e. The van der Waals surface area contributed by atoms with Crippen molar-refractivity contribution in [1.82, 2.24) is 9.97 Å². The van der Waals surface area contributed by atoms with E-state index in [4.69, 9.17) is 40.6 Å². The molecule has 0 unspecified atom stereocenters. The number of carbonyl (C=O) groups excluding carboxylic acids is 1. The van der Waals surface area contributed by atoms with Gasteiger partial charge in [-0.05, 0) is 50.2 Å². The summed E-state index contributed by atoms with van der Waals surface area (Å²) in [5, 5.41) is 19.9. The summed E-state index contributed by atoms with van der Waals surface area (Å²) in [4.78, 5) is 28.3. The maximum atomic E-state index is 15.9. The molecule has 0 aliphatic heterocycles. The molecule has 0 bridgehead atoms. The van der Waals surface area contributed by atoms with Gasteiger partial charge >= 0.3 is 12.2 Å². The number of nitrogens with two attached hydrogens (primary N) is 2. The van der Waals surface area contributed by atoms with Gasteiger partial charge in [0.25, 0.3) is 5.95 Å². The lowest BCUT2D eigenvalue weighted by Gasteiger charge is -2.23. The number of alkyl halides is 1. The van der Waals surface area contributed by atoms with Gasteiger partial charge in [-0.1, -0.05) is 0 Å². The lowest BCUT2D eigenvalue weighted by atomic mass is 10.0. The molecule has 1 heterocycles. The number of nitrogen functional groups attached to an aromatic ring is 1. The number of methoxy groups -OCH3 is 1. The Hall–Kier alpha value is -5.58. The summed E-state index contributed by atoms with van der Waals surface area (Å²) in [5.74, 6) is -1.46. The van der Waals surface area contributed by atoms with E-state index < -0.39 is 43.1 Å². The third-order valence-corrected chi connectivity index (χ3v) is 5.76. The smallest absolute Gasteiger partial charge is 0.497 e. The van der Waals surface area contributed by atoms with Crippen LogP contribution in [0.4, 0.5) is 25.2 Å². The summed E-state index contributed by atoms with van der Waals surface area (Å²) in [7, 11) is 1.37. The highest BCUT2D eigenvalue weighted by Crippen LogP contribution is 2.33. The summed E-state index contributed by atoms with van der Waals surface area (Å²) in [6.45, 7) is 0.364. The number of hydrogen-bond donors (Lipinski definition) is 5. The minimum absolute atomic E-state index is 0.0900. The molecule has 246 valence electrons. The van der Waals surface area contributed by atoms with Crippen LogP contribution in [0.3, 0.4) is 0 Å². The molecule has 0 aliphatic carbocycles. The van der Waals surface area contributed by atoms with Gasteiger partial charge in [0.05, 0.1) is 13.7 Å². The second-order valence-electron chi connectivity index (χ2n) is 9.80. The quantitative estimate of drug-likeness (QED) is 0.0738. The van der Waals surface area contributed by atoms with Gasteiger partial charge in [0, 0.05) is 35.3 Å². The van der Waals surface area contributed by atoms with Gasteiger partial charge in [-0.15, -0.1) is 0 Å². The molecule has 1 aromatic heterocycles. The Bertz CT molecular complexity index is 1540. The molecule has 3 rings (SSSR count). The zero-order valence-corrected chi connectivity index (χ0v) is 25.2. The summed E-state index contributed by atoms with van der Waals surface area (Å²) in [6, 6.07) is 8.74. The number of amidine groups is 3. The van der Waals surface area contributed by atoms with Gasteiger partial charge in [0.1, 0.15) is 42.3 Å². The average molecular weight is 645 g/mol. The third kappa shape index (κ3) is 10.3. The molecular weight excluding hydrogens is 610 g/mol. The van der Waals surface area contributed by atoms with Gasteiger partial charge in [-0.2, -0.15) is 9.98 Å². The molecule has 2 aromatic carbocycles. The van der Waals surface area contributed by atoms with E-state index >= 15 is 4.39 Å². The fourth-order valence-electron chi connectivity index (χ4n) is 3.52. The van der Waals surface area contributed by atoms with Crippen LogP contribution in [0.15, 0.2) is 64.8 Å². The average Bonchev–Trinajstić information content (AvgIpc) is 3.03. The van der Waals surface area contributed by atoms with Gasteiger partial charge in [0.2, 0.25) is 6.79 Å². The molecular formula is C29H34F2N8O7. The Morgan fingerprint density at radius 1 is 1.15 bits per heavy atom. The lowest BCUT2D eigenvalue weighted by molar-refractivity contribution is -0.0528. The Labute approximate surface area is 262 Å². The van der Waals surface area contributed by atoms with Crippen LogP contribution in [0, 0.1) is 11.2 Å². The first-order valence-corrected chi connectivity index (χ1v) is 13.5. The van der Waals surface area contributed by atoms with E-state index in [2.05, 4.69) is 25.3 Å². The van der Waals surface area contributed by atoms with Crippen molar-refractivity contribution >= 4 is 35.5 Å². The van der Waals surface area contributed by atoms with E-state index in [1.54, 1.807) is 30.3 Å². The molecule has 3 aromatic rings. The van der Waals surface area contributed by atoms with E-state index in [0.29, 0.717) is 11.3 Å². The maximum absolute atomic E-state index is 15.9. The first kappa shape index (κ1) is 34.9. The largest absolute Gasteiger partial charge is 0.511 e. The minimum atomic E-state index is -1.43. The van der Waals surface area contributed by atoms with E-state index in [9.17, 15) is 14.3 Å². The Kier molecular flexibility index (Phi) is 12.5. The SMILES string of the molecule is COc1cc(OCCO)c(F)c([C@@H](Nc2ccc(C(=N)N)cc2)C(N)=NC(=Nc2ncccn2)OCOC(=O)OC(C)(C)CF)c1. The lowest BCUT2D eigenvalue weighted by Crippen LogP contribution is -2.32. The molecule has 17 heteroatoms. The van der Waals surface area contributed by atoms with Crippen LogP contribution in [-0.2, 0) is 14.2 Å². The molecule has 0 radical (unpaired) electrons. The van der Waals surface area contributed by atoms with Crippen molar-refractivity contribution in [3.8, 4) is 11.5 Å². The topological polar surface area (TPSA) is 222 Å². The highest BCUT2D eigenvalue weighted by Gasteiger charge is 2.26. The Morgan fingerprint density at radius 3 is 2.46 bits per heavy atom. The highest BCUT2D eigenvalue weighted by molar-refractivity contribution is 5.98. The molecule has 0 saturated carbocycles. The molecule has 0 fully saturated rings. The summed E-state index contributed by atoms with van der Waals surface area (Å²) >= 11 is 0. The summed E-state index contributed by atoms with van der Waals surface area (Å²) < 4.78 is 54.8. The minimum Gasteiger partial charge on any atom is -0.497 e. The molecule has 0 aliphatic rings. The monoisotopic (exact) mass is 644 g/mol. The molecule has 0 amide bonds. The predicted octanol–water partition coefficient (Wildman–Crippen LogP) is 3.35. The number of nitrogens with one attached hydrogen (secondary N) is 2. The van der Waals surface area contributed by atoms with E-state index in [1.165, 1.54) is 45.5 Å². The zero-order chi connectivity index (χ0) is 33.7. The fourth-order valence-corrected chi connectivity index (χ4v) is 3.52. The number of carbonyl (C=O) groups is 1. The zero-order valence-electron chi connectivity index (χ0n) is 25.2. The molecule has 0 saturated heterocycles. The fraction of sp³-hybridized carbons (Fsp3) is 0.310. The number of aliphatic hydroxyl groups is 1. The standard InChI is InChI=1S/C29H34F2N8O7/c1-29(2,15-30)46-28(41)45-16-44-27(39-26-35-9-4-10-36-26)38-25(34)23(37-18-7-5-17(6-8-18)24(32)33)20-13-19(42-3)14-21(22(20)31)43-12-11-40/h4-10,13-14,23,37,40H,11-12,15-16H2,1-3H3,(H3,32,33)(H2,34,35,36,38,39)/t23-/m1/s1. The molecule has 1 atom stereocenters. The van der Waals surface area contributed by atoms with E-state index in [0.717, 1.165) is 0 Å². The Balaban J connectivity index is 2.05. The van der Waals surface area contributed by atoms with Crippen LogP contribution in [0.1, 0.15) is 31.0 Å². The van der Waals surface area contributed by atoms with Crippen molar-refractivity contribution in [2.24, 2.45) is 21.5 Å². The normalized spacial score (nSPS) is 12.6. The molecule has 46 heavy (non-hydrogen) atoms. The summed E-state index contributed by atoms with van der Waals surface area (Å²) in [6.07, 6.45) is 1.58. The number of nitrogens with zero attached hydrogens (tertiary/aromatic N) is 4. The van der Waals surface area contributed by atoms with Crippen molar-refractivity contribution in [3.05, 3.63) is 71.8 Å². The number of aliphatic hydroxyl groups excluding tert-OH is 1. The van der Waals surface area contributed by atoms with Gasteiger partial charge < -0.3 is 45.6 Å². The van der Waals surface area contributed by atoms with Crippen molar-refractivity contribution in [2.75, 3.05) is 39.1 Å². The Morgan fingerprint density at radius 2 is 1.85 bits per heavy atom. The first-order valence-electron chi connectivity index (χ1n) is 13.5. The van der Waals surface area contributed by atoms with Gasteiger partial charge in [0.15, 0.2) is 11.6 Å². The van der Waals surface area contributed by atoms with Crippen LogP contribution >= 0.6 is 0 Å². The number of halogens is 2. The van der Waals surface area contributed by atoms with Gasteiger partial charge in [-0.25, -0.2) is 23.5 Å². The number of aliphatic imine (C=N–C) groups is 2. The summed E-state index contributed by atoms with van der Waals surface area (Å²) in [5.41, 5.74) is 11.3. The van der Waals surface area contributed by atoms with Crippen molar-refractivity contribution in [3.63, 3.8) is 0 Å². The number of hydrogen-bond acceptors (Lipinski definition) is 12. The molecule has 7 N–H and O–H groups in total.